The summed E-state index contributed by atoms with van der Waals surface area (Å²) in [6, 6.07) is 0. The van der Waals surface area contributed by atoms with Crippen LogP contribution in [0.1, 0.15) is 40.5 Å². The maximum absolute atomic E-state index is 11.5. The first-order valence-corrected chi connectivity index (χ1v) is 5.40. The molecule has 0 aliphatic heterocycles. The second kappa shape index (κ2) is 5.48. The summed E-state index contributed by atoms with van der Waals surface area (Å²) in [4.78, 5) is 11.5. The van der Waals surface area contributed by atoms with Crippen molar-refractivity contribution >= 4 is 17.5 Å². The summed E-state index contributed by atoms with van der Waals surface area (Å²) < 4.78 is 0. The van der Waals surface area contributed by atoms with Crippen LogP contribution >= 0.6 is 11.6 Å². The fourth-order valence-electron chi connectivity index (χ4n) is 0.822. The molecule has 0 heterocycles. The van der Waals surface area contributed by atoms with Gasteiger partial charge in [0.25, 0.3) is 0 Å². The van der Waals surface area contributed by atoms with E-state index < -0.39 is 0 Å². The molecule has 1 N–H and O–H groups in total. The van der Waals surface area contributed by atoms with Gasteiger partial charge in [0.05, 0.1) is 5.54 Å². The predicted molar refractivity (Wildman–Crippen MR) is 57.0 cm³/mol. The van der Waals surface area contributed by atoms with Gasteiger partial charge in [-0.25, -0.2) is 0 Å². The Labute approximate surface area is 86.0 Å². The van der Waals surface area contributed by atoms with Crippen molar-refractivity contribution in [3.63, 3.8) is 0 Å². The van der Waals surface area contributed by atoms with E-state index in [2.05, 4.69) is 5.32 Å². The Morgan fingerprint density at radius 1 is 1.54 bits per heavy atom. The van der Waals surface area contributed by atoms with Gasteiger partial charge >= 0.3 is 0 Å². The van der Waals surface area contributed by atoms with Gasteiger partial charge in [-0.1, -0.05) is 20.8 Å². The zero-order valence-electron chi connectivity index (χ0n) is 8.98. The number of carbonyl (C=O) groups excluding carboxylic acids is 1. The summed E-state index contributed by atoms with van der Waals surface area (Å²) in [7, 11) is 0. The van der Waals surface area contributed by atoms with E-state index in [9.17, 15) is 4.79 Å². The smallest absolute Gasteiger partial charge is 0.223 e. The Kier molecular flexibility index (Phi) is 5.38. The molecule has 0 aliphatic rings. The Morgan fingerprint density at radius 3 is 2.38 bits per heavy atom. The summed E-state index contributed by atoms with van der Waals surface area (Å²) >= 11 is 5.79. The fraction of sp³-hybridized carbons (Fsp3) is 0.900. The highest BCUT2D eigenvalue weighted by atomic mass is 35.5. The molecule has 2 atom stereocenters. The zero-order valence-corrected chi connectivity index (χ0v) is 9.74. The van der Waals surface area contributed by atoms with Crippen molar-refractivity contribution in [2.45, 2.75) is 46.1 Å². The van der Waals surface area contributed by atoms with E-state index in [0.29, 0.717) is 5.88 Å². The lowest BCUT2D eigenvalue weighted by atomic mass is 9.99. The standard InChI is InChI=1S/C10H20ClNO/c1-5-8(3)9(13)12-10(4,6-2)7-11/h8H,5-7H2,1-4H3,(H,12,13). The van der Waals surface area contributed by atoms with Crippen LogP contribution in [0.2, 0.25) is 0 Å². The van der Waals surface area contributed by atoms with Crippen molar-refractivity contribution in [1.82, 2.24) is 5.32 Å². The fourth-order valence-corrected chi connectivity index (χ4v) is 1.08. The van der Waals surface area contributed by atoms with Crippen molar-refractivity contribution < 1.29 is 4.79 Å². The van der Waals surface area contributed by atoms with Gasteiger partial charge in [-0.3, -0.25) is 4.79 Å². The zero-order chi connectivity index (χ0) is 10.5. The van der Waals surface area contributed by atoms with Gasteiger partial charge in [0.15, 0.2) is 0 Å². The molecule has 0 fully saturated rings. The normalized spacial score (nSPS) is 17.6. The molecule has 2 nitrogen and oxygen atoms in total. The number of amides is 1. The van der Waals surface area contributed by atoms with Crippen molar-refractivity contribution in [2.75, 3.05) is 5.88 Å². The van der Waals surface area contributed by atoms with Crippen molar-refractivity contribution in [1.29, 1.82) is 0 Å². The predicted octanol–water partition coefficient (Wildman–Crippen LogP) is 2.56. The molecule has 3 heteroatoms. The average Bonchev–Trinajstić information content (AvgIpc) is 2.16. The van der Waals surface area contributed by atoms with E-state index in [1.807, 2.05) is 27.7 Å². The first kappa shape index (κ1) is 12.8. The van der Waals surface area contributed by atoms with Crippen molar-refractivity contribution in [3.8, 4) is 0 Å². The van der Waals surface area contributed by atoms with Crippen molar-refractivity contribution in [3.05, 3.63) is 0 Å². The molecule has 1 amide bonds. The number of carbonyl (C=O) groups is 1. The molecule has 0 aromatic heterocycles. The van der Waals surface area contributed by atoms with Gasteiger partial charge in [-0.15, -0.1) is 11.6 Å². The number of halogens is 1. The van der Waals surface area contributed by atoms with Crippen molar-refractivity contribution in [2.24, 2.45) is 5.92 Å². The van der Waals surface area contributed by atoms with Crippen LogP contribution in [0, 0.1) is 5.92 Å². The molecule has 0 aromatic carbocycles. The lowest BCUT2D eigenvalue weighted by molar-refractivity contribution is -0.126. The summed E-state index contributed by atoms with van der Waals surface area (Å²) in [5.41, 5.74) is -0.248. The molecule has 0 saturated heterocycles. The third-order valence-corrected chi connectivity index (χ3v) is 3.15. The highest BCUT2D eigenvalue weighted by molar-refractivity contribution is 6.18. The number of rotatable bonds is 5. The maximum atomic E-state index is 11.5. The topological polar surface area (TPSA) is 29.1 Å². The number of hydrogen-bond donors (Lipinski definition) is 1. The third-order valence-electron chi connectivity index (χ3n) is 2.56. The van der Waals surface area contributed by atoms with E-state index in [-0.39, 0.29) is 17.4 Å². The number of hydrogen-bond acceptors (Lipinski definition) is 1. The molecule has 0 aliphatic carbocycles. The maximum Gasteiger partial charge on any atom is 0.223 e. The number of nitrogens with one attached hydrogen (secondary N) is 1. The largest absolute Gasteiger partial charge is 0.350 e. The third kappa shape index (κ3) is 3.99. The molecule has 0 saturated carbocycles. The van der Waals surface area contributed by atoms with Gasteiger partial charge in [-0.05, 0) is 19.8 Å². The molecule has 0 aromatic rings. The molecule has 0 radical (unpaired) electrons. The Bertz CT molecular complexity index is 166. The minimum atomic E-state index is -0.248. The molecule has 0 spiro atoms. The van der Waals surface area contributed by atoms with Crippen LogP contribution in [0.5, 0.6) is 0 Å². The molecular weight excluding hydrogens is 186 g/mol. The Hall–Kier alpha value is -0.240. The van der Waals surface area contributed by atoms with E-state index in [0.717, 1.165) is 12.8 Å². The van der Waals surface area contributed by atoms with Gasteiger partial charge in [0, 0.05) is 11.8 Å². The summed E-state index contributed by atoms with van der Waals surface area (Å²) in [5.74, 6) is 0.646. The molecule has 2 unspecified atom stereocenters. The molecule has 78 valence electrons. The van der Waals surface area contributed by atoms with Gasteiger partial charge < -0.3 is 5.32 Å². The number of alkyl halides is 1. The SMILES string of the molecule is CCC(C)C(=O)NC(C)(CC)CCl. The van der Waals surface area contributed by atoms with Crippen LogP contribution in [0.4, 0.5) is 0 Å². The lowest BCUT2D eigenvalue weighted by Gasteiger charge is -2.28. The Morgan fingerprint density at radius 2 is 2.08 bits per heavy atom. The van der Waals surface area contributed by atoms with Crippen LogP contribution in [-0.2, 0) is 4.79 Å². The highest BCUT2D eigenvalue weighted by Crippen LogP contribution is 2.13. The second-order valence-corrected chi connectivity index (χ2v) is 4.11. The second-order valence-electron chi connectivity index (χ2n) is 3.85. The summed E-state index contributed by atoms with van der Waals surface area (Å²) in [6.45, 7) is 7.94. The van der Waals surface area contributed by atoms with E-state index >= 15 is 0 Å². The lowest BCUT2D eigenvalue weighted by Crippen LogP contribution is -2.48. The monoisotopic (exact) mass is 205 g/mol. The van der Waals surface area contributed by atoms with Crippen LogP contribution in [0.3, 0.4) is 0 Å². The van der Waals surface area contributed by atoms with Crippen LogP contribution in [0.25, 0.3) is 0 Å². The first-order chi connectivity index (χ1) is 5.99. The minimum absolute atomic E-state index is 0.0779. The van der Waals surface area contributed by atoms with E-state index in [1.165, 1.54) is 0 Å². The van der Waals surface area contributed by atoms with Crippen LogP contribution in [0.15, 0.2) is 0 Å². The molecule has 0 bridgehead atoms. The minimum Gasteiger partial charge on any atom is -0.350 e. The molecule has 0 rings (SSSR count). The van der Waals surface area contributed by atoms with Gasteiger partial charge in [0.1, 0.15) is 0 Å². The first-order valence-electron chi connectivity index (χ1n) is 4.87. The molecule has 13 heavy (non-hydrogen) atoms. The van der Waals surface area contributed by atoms with Gasteiger partial charge in [0.2, 0.25) is 5.91 Å². The highest BCUT2D eigenvalue weighted by Gasteiger charge is 2.24. The average molecular weight is 206 g/mol. The van der Waals surface area contributed by atoms with E-state index in [4.69, 9.17) is 11.6 Å². The van der Waals surface area contributed by atoms with Crippen LogP contribution in [-0.4, -0.2) is 17.3 Å². The molecular formula is C10H20ClNO. The van der Waals surface area contributed by atoms with Crippen LogP contribution < -0.4 is 5.32 Å². The van der Waals surface area contributed by atoms with E-state index in [1.54, 1.807) is 0 Å². The van der Waals surface area contributed by atoms with Gasteiger partial charge in [-0.2, -0.15) is 0 Å². The summed E-state index contributed by atoms with van der Waals surface area (Å²) in [6.07, 6.45) is 1.73. The quantitative estimate of drug-likeness (QED) is 0.687. The Balaban J connectivity index is 4.17. The summed E-state index contributed by atoms with van der Waals surface area (Å²) in [5, 5.41) is 2.97.